The van der Waals surface area contributed by atoms with Gasteiger partial charge >= 0.3 is 21.3 Å². The molecule has 0 aliphatic carbocycles. The fourth-order valence-corrected chi connectivity index (χ4v) is 22.7. The fraction of sp³-hybridized carbons (Fsp3) is 0.545. The van der Waals surface area contributed by atoms with E-state index in [0.717, 1.165) is 0 Å². The Morgan fingerprint density at radius 2 is 0.659 bits per heavy atom. The Balaban J connectivity index is 0.000000132. The summed E-state index contributed by atoms with van der Waals surface area (Å²) in [7, 11) is -15.9. The van der Waals surface area contributed by atoms with Crippen molar-refractivity contribution in [2.24, 2.45) is 0 Å². The average Bonchev–Trinajstić information content (AvgIpc) is 1.84. The third-order valence-electron chi connectivity index (χ3n) is 22.6. The molecule has 0 spiro atoms. The molecule has 0 aromatic carbocycles. The predicted molar refractivity (Wildman–Crippen MR) is 479 cm³/mol. The Morgan fingerprint density at radius 3 is 1.01 bits per heavy atom. The number of aryl methyl sites for hydroxylation is 3. The summed E-state index contributed by atoms with van der Waals surface area (Å²) in [6, 6.07) is 0. The van der Waals surface area contributed by atoms with Gasteiger partial charge in [0.25, 0.3) is 16.7 Å². The number of thiol groups is 1. The quantitative estimate of drug-likeness (QED) is 0.0486. The second-order valence-corrected chi connectivity index (χ2v) is 40.6. The van der Waals surface area contributed by atoms with E-state index in [4.69, 9.17) is 126 Å². The number of phosphoric acid groups is 1. The van der Waals surface area contributed by atoms with Crippen molar-refractivity contribution in [1.82, 2.24) is 117 Å². The maximum Gasteiger partial charge on any atom is 0.472 e. The molecule has 9 fully saturated rings. The molecule has 138 heavy (non-hydrogen) atoms. The van der Waals surface area contributed by atoms with Crippen LogP contribution in [0.5, 0.6) is 0 Å². The Kier molecular flexibility index (Phi) is 26.9. The highest BCUT2D eigenvalue weighted by atomic mass is 32.7. The first-order valence-electron chi connectivity index (χ1n) is 39.9. The molecule has 27 unspecified atom stereocenters. The molecule has 744 valence electrons. The van der Waals surface area contributed by atoms with E-state index < -0.39 is 257 Å². The number of halogens is 3. The zero-order chi connectivity index (χ0) is 97.6. The minimum absolute atomic E-state index is 0.0127. The Hall–Kier alpha value is -8.69. The van der Waals surface area contributed by atoms with Gasteiger partial charge in [0.15, 0.2) is 124 Å². The van der Waals surface area contributed by atoms with Crippen LogP contribution in [0.25, 0.3) is 67.0 Å². The number of imidazole rings is 6. The Bertz CT molecular complexity index is 6560. The number of aromatic amines is 3. The molecule has 6 bridgehead atoms. The number of H-pyrrole nitrogens is 3. The summed E-state index contributed by atoms with van der Waals surface area (Å²) in [5.74, 6) is 1.16. The lowest BCUT2D eigenvalue weighted by molar-refractivity contribution is -0.0630. The number of alkyl halides is 3. The Morgan fingerprint density at radius 1 is 0.384 bits per heavy atom. The number of nitrogens with one attached hydrogen (secondary N) is 3. The van der Waals surface area contributed by atoms with E-state index in [1.807, 2.05) is 0 Å². The van der Waals surface area contributed by atoms with E-state index in [0.29, 0.717) is 11.6 Å². The van der Waals surface area contributed by atoms with Crippen molar-refractivity contribution in [3.8, 4) is 0 Å². The van der Waals surface area contributed by atoms with Crippen molar-refractivity contribution in [2.45, 2.75) is 168 Å². The van der Waals surface area contributed by atoms with Crippen LogP contribution in [0.4, 0.5) is 30.6 Å². The van der Waals surface area contributed by atoms with Crippen LogP contribution in [0.15, 0.2) is 71.3 Å². The molecule has 30 atom stereocenters. The fourth-order valence-electron chi connectivity index (χ4n) is 16.6. The molecule has 9 saturated heterocycles. The van der Waals surface area contributed by atoms with Crippen molar-refractivity contribution in [1.29, 1.82) is 0 Å². The molecule has 0 amide bonds. The molecule has 9 aliphatic heterocycles. The number of rotatable bonds is 9. The standard InChI is InChI=1S/C22H28BFN9O11P2.2C22H28BFN9O10P2S/c1-8-30-19-13(20(34)31-8)29-7-33(19)22-16-15(38-2)10(42-22)3-39-45(23,35)43-14-9(4-40-46(36,37)44-16)41-21(11(14)24)32-6-28-12-17(25)26-5-27-18(12)32;2*1-8-30-19-13(20(34)31-8)29-7-33(19)22-16-15(37-2)10(41-22)4-39-45(36,46)43-14-9(3-38-44(23,35)42-16)40-21(11(14)24)32-6-28-12-17(25)26-5-27-18(12)32/h5-7,9-11,14-16,21-22H,3-4H2,1-2,23H3,(H,36,37)(H2,25,26,27)(H,30,31,34);2*5-7,9-11,14-16,21-22H,3-4H2,1-2,23H3,(H,36,46)(H2,25,26,27)(H,30,31,34)/q3*-1/t9?,10?,11?,14?,15?,16?,21?,22?,45-;2*9?,10?,11?,14?,15?,16?,21?,22?,44-,45?/m110/s1. The van der Waals surface area contributed by atoms with Gasteiger partial charge in [-0.1, -0.05) is 12.2 Å². The van der Waals surface area contributed by atoms with Crippen LogP contribution in [-0.4, -0.2) is 321 Å². The van der Waals surface area contributed by atoms with Crippen LogP contribution in [0, 0.1) is 20.8 Å². The Labute approximate surface area is 782 Å². The van der Waals surface area contributed by atoms with E-state index in [1.54, 1.807) is 20.8 Å². The normalized spacial score (nSPS) is 37.2. The first-order chi connectivity index (χ1) is 65.6. The molecule has 58 nitrogen and oxygen atoms in total. The number of fused-ring (bicyclic) bond motifs is 15. The van der Waals surface area contributed by atoms with Gasteiger partial charge in [-0.15, -0.1) is 0 Å². The van der Waals surface area contributed by atoms with Crippen molar-refractivity contribution >= 4 is 175 Å². The monoisotopic (exact) mass is 2090 g/mol. The van der Waals surface area contributed by atoms with Gasteiger partial charge in [-0.2, -0.15) is 0 Å². The predicted octanol–water partition coefficient (Wildman–Crippen LogP) is -0.779. The number of phosphoric ester groups is 1. The molecule has 9 aliphatic rings. The molecular formula is C66H84B3F3N27O31P6S2-3. The van der Waals surface area contributed by atoms with Crippen LogP contribution in [0.2, 0.25) is 0 Å². The van der Waals surface area contributed by atoms with Crippen LogP contribution in [0.1, 0.15) is 54.8 Å². The first-order valence-corrected chi connectivity index (χ1v) is 50.0. The molecule has 11 N–H and O–H groups in total. The summed E-state index contributed by atoms with van der Waals surface area (Å²) in [6.45, 7) is -6.53. The van der Waals surface area contributed by atoms with Crippen LogP contribution < -0.4 is 33.9 Å². The second kappa shape index (κ2) is 37.9. The minimum atomic E-state index is -4.98. The molecule has 0 radical (unpaired) electrons. The lowest BCUT2D eigenvalue weighted by Gasteiger charge is -2.30. The second-order valence-electron chi connectivity index (χ2n) is 30.8. The maximum absolute atomic E-state index is 16.1. The van der Waals surface area contributed by atoms with Gasteiger partial charge in [0.05, 0.1) is 100 Å². The third-order valence-corrected chi connectivity index (χ3v) is 29.0. The number of hydrogen-bond donors (Lipinski definition) is 9. The van der Waals surface area contributed by atoms with E-state index in [2.05, 4.69) is 102 Å². The van der Waals surface area contributed by atoms with Crippen molar-refractivity contribution in [2.75, 3.05) is 78.2 Å². The van der Waals surface area contributed by atoms with Gasteiger partial charge in [0, 0.05) is 21.3 Å². The highest BCUT2D eigenvalue weighted by Crippen LogP contribution is 2.61. The van der Waals surface area contributed by atoms with E-state index in [9.17, 15) is 47.0 Å². The number of anilines is 3. The van der Waals surface area contributed by atoms with Gasteiger partial charge in [-0.25, -0.2) is 97.1 Å². The zero-order valence-corrected chi connectivity index (χ0v) is 76.9. The number of methoxy groups -OCH3 is 3. The SMILES string of the molecule is [BH3-][P@@]1(=O)OCC2OC(n3cnc4c(=O)[nH]c(C)nc43)C(OP(=O)(O)OCC3OC(n4cnc5c(N)ncnc54)C(F)C3O1)C2OC.[BH3-][P@@]1(=O)OCC2OC(n3cnc4c(N)ncnc43)C(F)C2OP(O)(=S)OCC2OC(n3cnc4c(=O)[nH]c(C)nc43)C(O1)C2OC.[BH3-][P@]1(=O)OCC2OC(n3cnc4c(N)ncnc43)C(F)C2OP(=O)(S)OCC2OC(n3cnc4c(=O)[nH]c(C)nc43)C(O1)C2OC. The summed E-state index contributed by atoms with van der Waals surface area (Å²) >= 11 is 9.38. The van der Waals surface area contributed by atoms with Crippen molar-refractivity contribution in [3.05, 3.63) is 105 Å². The van der Waals surface area contributed by atoms with Crippen LogP contribution in [0.3, 0.4) is 0 Å². The number of aromatic nitrogens is 24. The largest absolute Gasteiger partial charge is 0.472 e. The molecule has 72 heteroatoms. The summed E-state index contributed by atoms with van der Waals surface area (Å²) in [5, 5.41) is 0. The topological polar surface area (TPSA) is 719 Å². The lowest BCUT2D eigenvalue weighted by Crippen LogP contribution is -2.37. The van der Waals surface area contributed by atoms with Crippen molar-refractivity contribution < 1.29 is 143 Å². The summed E-state index contributed by atoms with van der Waals surface area (Å²) < 4.78 is 247. The highest BCUT2D eigenvalue weighted by Gasteiger charge is 2.59. The average molecular weight is 2090 g/mol. The smallest absolute Gasteiger partial charge is 0.382 e. The molecule has 21 rings (SSSR count). The van der Waals surface area contributed by atoms with Crippen molar-refractivity contribution in [3.63, 3.8) is 0 Å². The molecular weight excluding hydrogens is 2010 g/mol. The van der Waals surface area contributed by atoms with Gasteiger partial charge < -0.3 is 130 Å². The van der Waals surface area contributed by atoms with E-state index in [1.165, 1.54) is 106 Å². The summed E-state index contributed by atoms with van der Waals surface area (Å²) in [6.07, 6.45) is -19.9. The third kappa shape index (κ3) is 19.0. The van der Waals surface area contributed by atoms with Crippen LogP contribution in [-0.2, 0) is 132 Å². The molecule has 12 aromatic rings. The lowest BCUT2D eigenvalue weighted by atomic mass is 10.1. The first kappa shape index (κ1) is 98.1. The van der Waals surface area contributed by atoms with Gasteiger partial charge in [0.1, 0.15) is 167 Å². The van der Waals surface area contributed by atoms with E-state index >= 15 is 13.2 Å². The summed E-state index contributed by atoms with van der Waals surface area (Å²) in [5.41, 5.74) is 18.0. The number of hydrogen-bond acceptors (Lipinski definition) is 48. The van der Waals surface area contributed by atoms with Gasteiger partial charge in [-0.05, 0) is 32.6 Å². The molecule has 12 aromatic heterocycles. The number of nitrogens with zero attached hydrogens (tertiary/aromatic N) is 21. The summed E-state index contributed by atoms with van der Waals surface area (Å²) in [4.78, 5) is 129. The van der Waals surface area contributed by atoms with Gasteiger partial charge in [-0.3, -0.25) is 64.4 Å². The molecule has 21 heterocycles. The number of nitrogens with two attached hydrogens (primary N) is 3. The zero-order valence-electron chi connectivity index (χ0n) is 69.8. The maximum atomic E-state index is 16.1. The highest BCUT2D eigenvalue weighted by molar-refractivity contribution is 8.44. The molecule has 0 saturated carbocycles. The number of nitrogen functional groups attached to an aromatic ring is 3. The number of ether oxygens (including phenoxy) is 9. The minimum Gasteiger partial charge on any atom is -0.382 e. The van der Waals surface area contributed by atoms with Crippen LogP contribution >= 0.6 is 56.0 Å². The van der Waals surface area contributed by atoms with E-state index in [-0.39, 0.29) is 103 Å². The van der Waals surface area contributed by atoms with Gasteiger partial charge in [0.2, 0.25) is 0 Å².